The largest absolute Gasteiger partial charge is 0.506 e. The first-order chi connectivity index (χ1) is 19.8. The number of fused-ring (bicyclic) bond motifs is 1. The van der Waals surface area contributed by atoms with Gasteiger partial charge in [-0.05, 0) is 74.1 Å². The number of aromatic amines is 2. The number of aromatic hydroxyl groups is 1. The van der Waals surface area contributed by atoms with Crippen LogP contribution in [0.4, 0.5) is 0 Å². The summed E-state index contributed by atoms with van der Waals surface area (Å²) in [6.45, 7) is 6.30. The molecule has 1 aromatic carbocycles. The van der Waals surface area contributed by atoms with E-state index in [1.807, 2.05) is 19.1 Å². The maximum absolute atomic E-state index is 14.0. The van der Waals surface area contributed by atoms with E-state index in [9.17, 15) is 19.5 Å². The first kappa shape index (κ1) is 28.1. The topological polar surface area (TPSA) is 125 Å². The van der Waals surface area contributed by atoms with E-state index in [-0.39, 0.29) is 23.0 Å². The van der Waals surface area contributed by atoms with Gasteiger partial charge in [-0.3, -0.25) is 9.59 Å². The van der Waals surface area contributed by atoms with Crippen molar-refractivity contribution in [3.8, 4) is 22.6 Å². The highest BCUT2D eigenvalue weighted by Crippen LogP contribution is 2.49. The molecule has 1 saturated carbocycles. The van der Waals surface area contributed by atoms with Crippen LogP contribution in [0.25, 0.3) is 17.2 Å². The minimum absolute atomic E-state index is 0.0392. The van der Waals surface area contributed by atoms with Crippen molar-refractivity contribution in [3.05, 3.63) is 94.5 Å². The van der Waals surface area contributed by atoms with Crippen LogP contribution in [0.5, 0.6) is 11.5 Å². The van der Waals surface area contributed by atoms with Crippen molar-refractivity contribution in [1.82, 2.24) is 15.0 Å². The number of benzene rings is 1. The molecule has 2 heterocycles. The number of carbonyl (C=O) groups is 2. The summed E-state index contributed by atoms with van der Waals surface area (Å²) in [5.41, 5.74) is 1.89. The Morgan fingerprint density at radius 2 is 1.93 bits per heavy atom. The fourth-order valence-electron chi connectivity index (χ4n) is 6.44. The SMILES string of the molecule is C/C=C/[C@@H]1[C@H]2C[C@@H](C)CC[C@@H]2C(C)=C[C@H]1C(=O)c1c(O)c(-c2ccc(OC(=O)/C=C/c3cnc[nH]3)cc2)c[nH]c1=O. The van der Waals surface area contributed by atoms with Crippen molar-refractivity contribution in [3.63, 3.8) is 0 Å². The Kier molecular flexibility index (Phi) is 8.19. The molecule has 5 atom stereocenters. The van der Waals surface area contributed by atoms with E-state index >= 15 is 0 Å². The van der Waals surface area contributed by atoms with Gasteiger partial charge in [-0.15, -0.1) is 0 Å². The maximum Gasteiger partial charge on any atom is 0.336 e. The summed E-state index contributed by atoms with van der Waals surface area (Å²) in [6, 6.07) is 6.49. The predicted octanol–water partition coefficient (Wildman–Crippen LogP) is 6.09. The molecule has 2 aliphatic rings. The summed E-state index contributed by atoms with van der Waals surface area (Å²) in [4.78, 5) is 48.5. The fraction of sp³-hybridized carbons (Fsp3) is 0.333. The third kappa shape index (κ3) is 5.87. The molecule has 8 heteroatoms. The van der Waals surface area contributed by atoms with Gasteiger partial charge in [0.25, 0.3) is 5.56 Å². The number of rotatable bonds is 7. The smallest absolute Gasteiger partial charge is 0.336 e. The van der Waals surface area contributed by atoms with Gasteiger partial charge in [0.1, 0.15) is 17.1 Å². The highest BCUT2D eigenvalue weighted by atomic mass is 16.5. The van der Waals surface area contributed by atoms with E-state index in [1.54, 1.807) is 36.5 Å². The lowest BCUT2D eigenvalue weighted by atomic mass is 9.59. The molecule has 3 N–H and O–H groups in total. The summed E-state index contributed by atoms with van der Waals surface area (Å²) in [5.74, 6) is -0.213. The van der Waals surface area contributed by atoms with Gasteiger partial charge in [-0.25, -0.2) is 9.78 Å². The Balaban J connectivity index is 1.41. The van der Waals surface area contributed by atoms with Crippen LogP contribution in [-0.2, 0) is 4.79 Å². The van der Waals surface area contributed by atoms with Crippen LogP contribution in [0.3, 0.4) is 0 Å². The van der Waals surface area contributed by atoms with E-state index in [4.69, 9.17) is 4.74 Å². The normalized spacial score (nSPS) is 24.3. The number of imidazole rings is 1. The van der Waals surface area contributed by atoms with E-state index < -0.39 is 17.4 Å². The lowest BCUT2D eigenvalue weighted by Gasteiger charge is -2.45. The zero-order chi connectivity index (χ0) is 29.1. The summed E-state index contributed by atoms with van der Waals surface area (Å²) in [5, 5.41) is 11.3. The number of aromatic nitrogens is 3. The minimum atomic E-state index is -0.615. The molecule has 0 spiro atoms. The average Bonchev–Trinajstić information content (AvgIpc) is 3.48. The molecule has 0 bridgehead atoms. The highest BCUT2D eigenvalue weighted by Gasteiger charge is 2.43. The summed E-state index contributed by atoms with van der Waals surface area (Å²) in [7, 11) is 0. The maximum atomic E-state index is 14.0. The van der Waals surface area contributed by atoms with Crippen molar-refractivity contribution in [2.75, 3.05) is 0 Å². The van der Waals surface area contributed by atoms with Crippen LogP contribution in [0.2, 0.25) is 0 Å². The number of H-pyrrole nitrogens is 2. The van der Waals surface area contributed by atoms with E-state index in [1.165, 1.54) is 30.6 Å². The number of nitrogens with zero attached hydrogens (tertiary/aromatic N) is 1. The van der Waals surface area contributed by atoms with Crippen LogP contribution in [0, 0.1) is 29.6 Å². The van der Waals surface area contributed by atoms with Crippen molar-refractivity contribution in [2.24, 2.45) is 29.6 Å². The van der Waals surface area contributed by atoms with Gasteiger partial charge >= 0.3 is 5.97 Å². The molecule has 5 rings (SSSR count). The number of pyridine rings is 1. The summed E-state index contributed by atoms with van der Waals surface area (Å²) >= 11 is 0. The number of Topliss-reactive ketones (excluding diaryl/α,β-unsaturated/α-hetero) is 1. The number of hydrogen-bond acceptors (Lipinski definition) is 6. The van der Waals surface area contributed by atoms with Crippen molar-refractivity contribution in [2.45, 2.75) is 40.0 Å². The Hall–Kier alpha value is -4.46. The third-order valence-corrected chi connectivity index (χ3v) is 8.43. The molecule has 3 aromatic rings. The quantitative estimate of drug-likeness (QED) is 0.107. The molecule has 1 fully saturated rings. The van der Waals surface area contributed by atoms with Gasteiger partial charge in [0.05, 0.1) is 18.2 Å². The second-order valence-electron chi connectivity index (χ2n) is 11.1. The second kappa shape index (κ2) is 12.0. The third-order valence-electron chi connectivity index (χ3n) is 8.43. The predicted molar refractivity (Wildman–Crippen MR) is 157 cm³/mol. The molecule has 8 nitrogen and oxygen atoms in total. The van der Waals surface area contributed by atoms with Gasteiger partial charge in [-0.2, -0.15) is 0 Å². The lowest BCUT2D eigenvalue weighted by Crippen LogP contribution is -2.40. The van der Waals surface area contributed by atoms with Crippen molar-refractivity contribution >= 4 is 17.8 Å². The Labute approximate surface area is 238 Å². The Bertz CT molecular complexity index is 1560. The van der Waals surface area contributed by atoms with E-state index in [0.717, 1.165) is 12.8 Å². The number of hydrogen-bond donors (Lipinski definition) is 3. The van der Waals surface area contributed by atoms with Gasteiger partial charge < -0.3 is 19.8 Å². The average molecular weight is 554 g/mol. The lowest BCUT2D eigenvalue weighted by molar-refractivity contribution is -0.128. The standard InChI is InChI=1S/C33H35N3O5/c1-4-5-25-26-14-19(2)6-12-24(26)20(3)15-27(25)31(38)30-32(39)28(17-35-33(30)40)21-7-10-23(11-8-21)41-29(37)13-9-22-16-34-18-36-22/h4-5,7-11,13,15-19,24-27H,6,12,14H2,1-3H3,(H,34,36)(H2,35,39,40)/b5-4+,13-9+/t19-,24+,25+,26-,27+/m0/s1. The molecule has 2 aromatic heterocycles. The second-order valence-corrected chi connectivity index (χ2v) is 11.1. The minimum Gasteiger partial charge on any atom is -0.506 e. The Morgan fingerprint density at radius 3 is 2.63 bits per heavy atom. The molecule has 0 aliphatic heterocycles. The van der Waals surface area contributed by atoms with Crippen LogP contribution < -0.4 is 10.3 Å². The van der Waals surface area contributed by atoms with Crippen LogP contribution in [0.1, 0.15) is 56.1 Å². The molecule has 41 heavy (non-hydrogen) atoms. The monoisotopic (exact) mass is 553 g/mol. The van der Waals surface area contributed by atoms with Crippen LogP contribution in [-0.4, -0.2) is 31.8 Å². The number of allylic oxidation sites excluding steroid dienone is 4. The number of ether oxygens (including phenoxy) is 1. The first-order valence-corrected chi connectivity index (χ1v) is 14.1. The molecule has 0 radical (unpaired) electrons. The molecule has 2 aliphatic carbocycles. The van der Waals surface area contributed by atoms with E-state index in [2.05, 4.69) is 34.9 Å². The van der Waals surface area contributed by atoms with Crippen LogP contribution in [0.15, 0.2) is 77.7 Å². The van der Waals surface area contributed by atoms with Gasteiger partial charge in [0.2, 0.25) is 0 Å². The summed E-state index contributed by atoms with van der Waals surface area (Å²) in [6.07, 6.45) is 16.7. The van der Waals surface area contributed by atoms with Gasteiger partial charge in [0.15, 0.2) is 5.78 Å². The molecular formula is C33H35N3O5. The molecule has 0 amide bonds. The number of ketones is 1. The number of nitrogens with one attached hydrogen (secondary N) is 2. The summed E-state index contributed by atoms with van der Waals surface area (Å²) < 4.78 is 5.34. The van der Waals surface area contributed by atoms with Gasteiger partial charge in [0, 0.05) is 23.8 Å². The highest BCUT2D eigenvalue weighted by molar-refractivity contribution is 6.03. The molecule has 212 valence electrons. The Morgan fingerprint density at radius 1 is 1.15 bits per heavy atom. The number of carbonyl (C=O) groups excluding carboxylic acids is 2. The zero-order valence-corrected chi connectivity index (χ0v) is 23.5. The van der Waals surface area contributed by atoms with Crippen molar-refractivity contribution < 1.29 is 19.4 Å². The fourth-order valence-corrected chi connectivity index (χ4v) is 6.44. The van der Waals surface area contributed by atoms with Crippen LogP contribution >= 0.6 is 0 Å². The van der Waals surface area contributed by atoms with Gasteiger partial charge in [-0.1, -0.05) is 49.3 Å². The first-order valence-electron chi connectivity index (χ1n) is 14.1. The van der Waals surface area contributed by atoms with Crippen molar-refractivity contribution in [1.29, 1.82) is 0 Å². The molecular weight excluding hydrogens is 518 g/mol. The molecule has 0 unspecified atom stereocenters. The zero-order valence-electron chi connectivity index (χ0n) is 23.5. The molecule has 0 saturated heterocycles. The van der Waals surface area contributed by atoms with E-state index in [0.29, 0.717) is 40.3 Å². The number of esters is 1.